The lowest BCUT2D eigenvalue weighted by Crippen LogP contribution is -2.34. The minimum absolute atomic E-state index is 0.187. The Morgan fingerprint density at radius 1 is 1.23 bits per heavy atom. The molecule has 0 radical (unpaired) electrons. The van der Waals surface area contributed by atoms with E-state index in [0.29, 0.717) is 28.5 Å². The molecule has 0 fully saturated rings. The van der Waals surface area contributed by atoms with Crippen LogP contribution in [0.25, 0.3) is 11.3 Å². The fourth-order valence-corrected chi connectivity index (χ4v) is 5.84. The van der Waals surface area contributed by atoms with Crippen LogP contribution in [0.4, 0.5) is 15.2 Å². The molecule has 30 heavy (non-hydrogen) atoms. The van der Waals surface area contributed by atoms with Crippen molar-refractivity contribution in [3.8, 4) is 11.3 Å². The van der Waals surface area contributed by atoms with E-state index < -0.39 is 10.0 Å². The summed E-state index contributed by atoms with van der Waals surface area (Å²) < 4.78 is 38.7. The molecule has 1 N–H and O–H groups in total. The smallest absolute Gasteiger partial charge is 0.257 e. The zero-order valence-electron chi connectivity index (χ0n) is 16.6. The van der Waals surface area contributed by atoms with Crippen molar-refractivity contribution in [2.45, 2.75) is 26.3 Å². The molecule has 0 aliphatic carbocycles. The van der Waals surface area contributed by atoms with Gasteiger partial charge in [-0.1, -0.05) is 0 Å². The number of amides is 1. The molecular weight excluding hydrogens is 425 g/mol. The van der Waals surface area contributed by atoms with Gasteiger partial charge in [-0.05, 0) is 68.3 Å². The molecule has 1 aromatic heterocycles. The molecule has 0 unspecified atom stereocenters. The first-order valence-electron chi connectivity index (χ1n) is 9.30. The van der Waals surface area contributed by atoms with Crippen LogP contribution in [0.1, 0.15) is 27.7 Å². The molecule has 0 saturated carbocycles. The number of nitrogens with zero attached hydrogens (tertiary/aromatic N) is 2. The molecule has 0 bridgehead atoms. The molecule has 1 amide bonds. The largest absolute Gasteiger partial charge is 0.298 e. The molecule has 6 nitrogen and oxygen atoms in total. The van der Waals surface area contributed by atoms with E-state index in [0.717, 1.165) is 16.0 Å². The predicted octanol–water partition coefficient (Wildman–Crippen LogP) is 4.22. The quantitative estimate of drug-likeness (QED) is 0.652. The van der Waals surface area contributed by atoms with Crippen LogP contribution in [0, 0.1) is 12.7 Å². The summed E-state index contributed by atoms with van der Waals surface area (Å²) in [5.41, 5.74) is 3.35. The van der Waals surface area contributed by atoms with Crippen LogP contribution in [-0.2, 0) is 16.4 Å². The maximum Gasteiger partial charge on any atom is 0.257 e. The lowest BCUT2D eigenvalue weighted by molar-refractivity contribution is 0.102. The number of fused-ring (bicyclic) bond motifs is 1. The minimum atomic E-state index is -3.38. The second-order valence-electron chi connectivity index (χ2n) is 7.34. The van der Waals surface area contributed by atoms with Crippen molar-refractivity contribution in [1.82, 2.24) is 4.98 Å². The molecule has 4 rings (SSSR count). The van der Waals surface area contributed by atoms with Crippen molar-refractivity contribution in [2.75, 3.05) is 15.9 Å². The van der Waals surface area contributed by atoms with Gasteiger partial charge in [-0.3, -0.25) is 14.4 Å². The summed E-state index contributed by atoms with van der Waals surface area (Å²) in [6, 6.07) is 10.9. The van der Waals surface area contributed by atoms with Gasteiger partial charge in [-0.25, -0.2) is 17.8 Å². The van der Waals surface area contributed by atoms with E-state index >= 15 is 0 Å². The van der Waals surface area contributed by atoms with E-state index in [4.69, 9.17) is 0 Å². The first-order chi connectivity index (χ1) is 14.1. The Bertz CT molecular complexity index is 1240. The summed E-state index contributed by atoms with van der Waals surface area (Å²) >= 11 is 1.34. The van der Waals surface area contributed by atoms with Gasteiger partial charge in [0, 0.05) is 22.0 Å². The average molecular weight is 446 g/mol. The molecule has 9 heteroatoms. The number of carbonyl (C=O) groups excluding carboxylic acids is 1. The number of nitrogens with one attached hydrogen (secondary N) is 1. The number of sulfonamides is 1. The van der Waals surface area contributed by atoms with Crippen LogP contribution in [0.2, 0.25) is 0 Å². The number of benzene rings is 2. The molecule has 0 saturated heterocycles. The Morgan fingerprint density at radius 2 is 1.93 bits per heavy atom. The number of aromatic nitrogens is 1. The first-order valence-corrected chi connectivity index (χ1v) is 12.0. The highest BCUT2D eigenvalue weighted by atomic mass is 32.2. The van der Waals surface area contributed by atoms with E-state index in [-0.39, 0.29) is 17.8 Å². The molecule has 1 aliphatic rings. The summed E-state index contributed by atoms with van der Waals surface area (Å²) in [6.07, 6.45) is 1.73. The minimum Gasteiger partial charge on any atom is -0.298 e. The molecular formula is C21H20FN3O3S2. The van der Waals surface area contributed by atoms with Crippen molar-refractivity contribution in [2.24, 2.45) is 0 Å². The number of carbonyl (C=O) groups is 1. The van der Waals surface area contributed by atoms with Crippen LogP contribution in [0.15, 0.2) is 42.5 Å². The predicted molar refractivity (Wildman–Crippen MR) is 117 cm³/mol. The standard InChI is InChI=1S/C21H20FN3O3S2/c1-12-10-16-11-15(6-9-18(16)25(12)30(3,27)28)20(26)24-21-23-19(13(2)29-21)14-4-7-17(22)8-5-14/h4-9,11-12H,10H2,1-3H3,(H,23,24,26)/t12-/m0/s1. The van der Waals surface area contributed by atoms with Crippen LogP contribution >= 0.6 is 11.3 Å². The summed E-state index contributed by atoms with van der Waals surface area (Å²) in [6.45, 7) is 3.73. The van der Waals surface area contributed by atoms with Gasteiger partial charge in [0.15, 0.2) is 5.13 Å². The van der Waals surface area contributed by atoms with Crippen LogP contribution in [0.5, 0.6) is 0 Å². The van der Waals surface area contributed by atoms with Crippen molar-refractivity contribution >= 4 is 38.1 Å². The van der Waals surface area contributed by atoms with Gasteiger partial charge in [-0.15, -0.1) is 11.3 Å². The Balaban J connectivity index is 1.57. The van der Waals surface area contributed by atoms with Gasteiger partial charge >= 0.3 is 0 Å². The molecule has 2 aromatic carbocycles. The average Bonchev–Trinajstić information content (AvgIpc) is 3.19. The number of anilines is 2. The summed E-state index contributed by atoms with van der Waals surface area (Å²) in [7, 11) is -3.38. The van der Waals surface area contributed by atoms with E-state index in [1.54, 1.807) is 30.3 Å². The number of aryl methyl sites for hydroxylation is 1. The summed E-state index contributed by atoms with van der Waals surface area (Å²) in [4.78, 5) is 18.1. The molecule has 1 aliphatic heterocycles. The summed E-state index contributed by atoms with van der Waals surface area (Å²) in [5, 5.41) is 3.25. The van der Waals surface area contributed by atoms with Gasteiger partial charge < -0.3 is 0 Å². The maximum absolute atomic E-state index is 13.2. The lowest BCUT2D eigenvalue weighted by atomic mass is 10.1. The van der Waals surface area contributed by atoms with Crippen molar-refractivity contribution in [3.05, 3.63) is 64.3 Å². The van der Waals surface area contributed by atoms with Gasteiger partial charge in [0.25, 0.3) is 5.91 Å². The molecule has 3 aromatic rings. The number of hydrogen-bond acceptors (Lipinski definition) is 5. The van der Waals surface area contributed by atoms with Gasteiger partial charge in [-0.2, -0.15) is 0 Å². The van der Waals surface area contributed by atoms with Crippen LogP contribution < -0.4 is 9.62 Å². The highest BCUT2D eigenvalue weighted by molar-refractivity contribution is 7.92. The van der Waals surface area contributed by atoms with Crippen LogP contribution in [-0.4, -0.2) is 31.6 Å². The fourth-order valence-electron chi connectivity index (χ4n) is 3.74. The van der Waals surface area contributed by atoms with Crippen molar-refractivity contribution in [1.29, 1.82) is 0 Å². The number of halogens is 1. The Morgan fingerprint density at radius 3 is 2.60 bits per heavy atom. The Hall–Kier alpha value is -2.78. The molecule has 156 valence electrons. The summed E-state index contributed by atoms with van der Waals surface area (Å²) in [5.74, 6) is -0.636. The molecule has 2 heterocycles. The van der Waals surface area contributed by atoms with Gasteiger partial charge in [0.1, 0.15) is 5.82 Å². The Kier molecular flexibility index (Phi) is 5.11. The van der Waals surface area contributed by atoms with E-state index in [2.05, 4.69) is 10.3 Å². The van der Waals surface area contributed by atoms with E-state index in [1.165, 1.54) is 34.0 Å². The maximum atomic E-state index is 13.2. The van der Waals surface area contributed by atoms with Crippen molar-refractivity contribution in [3.63, 3.8) is 0 Å². The molecule has 1 atom stereocenters. The lowest BCUT2D eigenvalue weighted by Gasteiger charge is -2.21. The number of thiazole rings is 1. The normalized spacial score (nSPS) is 15.9. The topological polar surface area (TPSA) is 79.4 Å². The second kappa shape index (κ2) is 7.48. The number of rotatable bonds is 4. The third kappa shape index (κ3) is 3.82. The third-order valence-corrected chi connectivity index (χ3v) is 7.14. The monoisotopic (exact) mass is 445 g/mol. The van der Waals surface area contributed by atoms with Gasteiger partial charge in [0.2, 0.25) is 10.0 Å². The van der Waals surface area contributed by atoms with E-state index in [1.807, 2.05) is 13.8 Å². The van der Waals surface area contributed by atoms with Crippen LogP contribution in [0.3, 0.4) is 0 Å². The highest BCUT2D eigenvalue weighted by Crippen LogP contribution is 2.35. The highest BCUT2D eigenvalue weighted by Gasteiger charge is 2.32. The first kappa shape index (κ1) is 20.5. The Labute approximate surface area is 178 Å². The molecule has 0 spiro atoms. The number of hydrogen-bond donors (Lipinski definition) is 1. The zero-order valence-corrected chi connectivity index (χ0v) is 18.3. The fraction of sp³-hybridized carbons (Fsp3) is 0.238. The second-order valence-corrected chi connectivity index (χ2v) is 10.4. The third-order valence-electron chi connectivity index (χ3n) is 4.99. The van der Waals surface area contributed by atoms with Gasteiger partial charge in [0.05, 0.1) is 17.6 Å². The SMILES string of the molecule is Cc1sc(NC(=O)c2ccc3c(c2)C[C@H](C)N3S(C)(=O)=O)nc1-c1ccc(F)cc1. The van der Waals surface area contributed by atoms with E-state index in [9.17, 15) is 17.6 Å². The zero-order chi connectivity index (χ0) is 21.6. The van der Waals surface area contributed by atoms with Crippen molar-refractivity contribution < 1.29 is 17.6 Å².